The van der Waals surface area contributed by atoms with Gasteiger partial charge in [0, 0.05) is 16.1 Å². The van der Waals surface area contributed by atoms with Crippen LogP contribution in [0, 0.1) is 10.1 Å². The number of carbonyl (C=O) groups excluding carboxylic acids is 1. The van der Waals surface area contributed by atoms with E-state index in [9.17, 15) is 28.1 Å². The maximum atomic E-state index is 12.6. The first-order chi connectivity index (χ1) is 11.2. The first-order valence-electron chi connectivity index (χ1n) is 6.36. The van der Waals surface area contributed by atoms with E-state index in [1.807, 2.05) is 0 Å². The highest BCUT2D eigenvalue weighted by atomic mass is 79.9. The van der Waals surface area contributed by atoms with Crippen molar-refractivity contribution in [2.45, 2.75) is 6.18 Å². The molecule has 0 fully saturated rings. The Morgan fingerprint density at radius 1 is 1.12 bits per heavy atom. The van der Waals surface area contributed by atoms with Gasteiger partial charge in [0.1, 0.15) is 5.69 Å². The first kappa shape index (κ1) is 17.7. The van der Waals surface area contributed by atoms with Crippen molar-refractivity contribution in [3.05, 3.63) is 68.2 Å². The highest BCUT2D eigenvalue weighted by molar-refractivity contribution is 9.10. The van der Waals surface area contributed by atoms with Crippen LogP contribution in [-0.2, 0) is 6.18 Å². The molecule has 24 heavy (non-hydrogen) atoms. The van der Waals surface area contributed by atoms with Gasteiger partial charge in [0.2, 0.25) is 0 Å². The topological polar surface area (TPSA) is 84.3 Å². The van der Waals surface area contributed by atoms with Crippen molar-refractivity contribution >= 4 is 33.2 Å². The van der Waals surface area contributed by atoms with E-state index in [1.54, 1.807) is 12.1 Å². The number of nitro groups is 1. The van der Waals surface area contributed by atoms with Crippen LogP contribution in [0.3, 0.4) is 0 Å². The number of anilines is 1. The van der Waals surface area contributed by atoms with Crippen molar-refractivity contribution in [1.82, 2.24) is 5.43 Å². The van der Waals surface area contributed by atoms with E-state index in [4.69, 9.17) is 0 Å². The lowest BCUT2D eigenvalue weighted by atomic mass is 10.1. The molecule has 0 heterocycles. The van der Waals surface area contributed by atoms with Crippen LogP contribution in [0.1, 0.15) is 15.9 Å². The van der Waals surface area contributed by atoms with Gasteiger partial charge in [-0.15, -0.1) is 0 Å². The van der Waals surface area contributed by atoms with Gasteiger partial charge in [0.15, 0.2) is 0 Å². The number of halogens is 4. The minimum absolute atomic E-state index is 0.264. The number of nitrogens with zero attached hydrogens (tertiary/aromatic N) is 1. The molecule has 0 saturated carbocycles. The lowest BCUT2D eigenvalue weighted by Crippen LogP contribution is -2.29. The lowest BCUT2D eigenvalue weighted by molar-refractivity contribution is -0.384. The molecule has 1 amide bonds. The van der Waals surface area contributed by atoms with Gasteiger partial charge in [-0.25, -0.2) is 0 Å². The molecule has 0 radical (unpaired) electrons. The third-order valence-corrected chi connectivity index (χ3v) is 3.47. The minimum atomic E-state index is -4.70. The van der Waals surface area contributed by atoms with Gasteiger partial charge >= 0.3 is 6.18 Å². The average molecular weight is 404 g/mol. The monoisotopic (exact) mass is 403 g/mol. The summed E-state index contributed by atoms with van der Waals surface area (Å²) >= 11 is 3.20. The summed E-state index contributed by atoms with van der Waals surface area (Å²) < 4.78 is 38.6. The fraction of sp³-hybridized carbons (Fsp3) is 0.0714. The van der Waals surface area contributed by atoms with E-state index >= 15 is 0 Å². The van der Waals surface area contributed by atoms with Crippen molar-refractivity contribution in [3.8, 4) is 0 Å². The summed E-state index contributed by atoms with van der Waals surface area (Å²) in [6.07, 6.45) is -4.70. The molecule has 126 valence electrons. The second kappa shape index (κ2) is 6.87. The van der Waals surface area contributed by atoms with E-state index in [2.05, 4.69) is 26.8 Å². The summed E-state index contributed by atoms with van der Waals surface area (Å²) in [5, 5.41) is 10.9. The number of hydrogen-bond acceptors (Lipinski definition) is 4. The summed E-state index contributed by atoms with van der Waals surface area (Å²) in [6.45, 7) is 0. The fourth-order valence-electron chi connectivity index (χ4n) is 1.76. The molecular weight excluding hydrogens is 395 g/mol. The molecular formula is C14H9BrF3N3O3. The number of benzene rings is 2. The van der Waals surface area contributed by atoms with Crippen LogP contribution in [0.25, 0.3) is 0 Å². The molecule has 2 N–H and O–H groups in total. The number of nitrogens with one attached hydrogen (secondary N) is 2. The molecule has 0 saturated heterocycles. The quantitative estimate of drug-likeness (QED) is 0.593. The molecule has 2 rings (SSSR count). The number of nitro benzene ring substituents is 1. The van der Waals surface area contributed by atoms with E-state index in [0.29, 0.717) is 12.1 Å². The summed E-state index contributed by atoms with van der Waals surface area (Å²) in [7, 11) is 0. The molecule has 10 heteroatoms. The van der Waals surface area contributed by atoms with Crippen LogP contribution in [0.15, 0.2) is 46.9 Å². The Hall–Kier alpha value is -2.62. The molecule has 0 aliphatic rings. The van der Waals surface area contributed by atoms with Crippen molar-refractivity contribution in [1.29, 1.82) is 0 Å². The predicted molar refractivity (Wildman–Crippen MR) is 83.3 cm³/mol. The van der Waals surface area contributed by atoms with Gasteiger partial charge in [-0.05, 0) is 36.4 Å². The van der Waals surface area contributed by atoms with Gasteiger partial charge in [-0.1, -0.05) is 15.9 Å². The Morgan fingerprint density at radius 2 is 1.75 bits per heavy atom. The summed E-state index contributed by atoms with van der Waals surface area (Å²) in [5.74, 6) is -0.600. The third-order valence-electron chi connectivity index (χ3n) is 2.94. The van der Waals surface area contributed by atoms with Crippen LogP contribution in [0.2, 0.25) is 0 Å². The second-order valence-electron chi connectivity index (χ2n) is 4.57. The highest BCUT2D eigenvalue weighted by Crippen LogP contribution is 2.34. The molecule has 2 aromatic carbocycles. The van der Waals surface area contributed by atoms with Crippen molar-refractivity contribution < 1.29 is 22.9 Å². The molecule has 0 aromatic heterocycles. The molecule has 0 unspecified atom stereocenters. The number of alkyl halides is 3. The van der Waals surface area contributed by atoms with E-state index in [-0.39, 0.29) is 11.3 Å². The maximum absolute atomic E-state index is 12.6. The number of hydrazine groups is 1. The molecule has 0 atom stereocenters. The zero-order chi connectivity index (χ0) is 17.9. The number of hydrogen-bond donors (Lipinski definition) is 2. The molecule has 6 nitrogen and oxygen atoms in total. The van der Waals surface area contributed by atoms with Gasteiger partial charge in [0.25, 0.3) is 11.6 Å². The number of amides is 1. The molecule has 0 spiro atoms. The Kier molecular flexibility index (Phi) is 5.07. The van der Waals surface area contributed by atoms with Crippen LogP contribution < -0.4 is 10.9 Å². The third kappa shape index (κ3) is 4.22. The standard InChI is InChI=1S/C14H9BrF3N3O3/c15-10-4-1-8(2-5-10)13(22)20-19-11-6-3-9(14(16,17)18)7-12(11)21(23)24/h1-7,19H,(H,20,22). The molecule has 0 aliphatic heterocycles. The molecule has 0 bridgehead atoms. The molecule has 0 aliphatic carbocycles. The van der Waals surface area contributed by atoms with Gasteiger partial charge in [0.05, 0.1) is 10.5 Å². The Bertz CT molecular complexity index is 779. The van der Waals surface area contributed by atoms with Crippen LogP contribution in [-0.4, -0.2) is 10.8 Å². The highest BCUT2D eigenvalue weighted by Gasteiger charge is 2.33. The summed E-state index contributed by atoms with van der Waals surface area (Å²) in [6, 6.07) is 8.20. The average Bonchev–Trinajstić information content (AvgIpc) is 2.52. The number of rotatable bonds is 4. The predicted octanol–water partition coefficient (Wildman–Crippen LogP) is 4.13. The summed E-state index contributed by atoms with van der Waals surface area (Å²) in [4.78, 5) is 21.9. The smallest absolute Gasteiger partial charge is 0.292 e. The van der Waals surface area contributed by atoms with Crippen LogP contribution >= 0.6 is 15.9 Å². The Balaban J connectivity index is 2.18. The van der Waals surface area contributed by atoms with Crippen LogP contribution in [0.4, 0.5) is 24.5 Å². The van der Waals surface area contributed by atoms with Gasteiger partial charge in [-0.3, -0.25) is 25.8 Å². The van der Waals surface area contributed by atoms with Crippen molar-refractivity contribution in [2.24, 2.45) is 0 Å². The molecule has 2 aromatic rings. The van der Waals surface area contributed by atoms with Gasteiger partial charge < -0.3 is 0 Å². The zero-order valence-electron chi connectivity index (χ0n) is 11.7. The van der Waals surface area contributed by atoms with Crippen LogP contribution in [0.5, 0.6) is 0 Å². The Labute approximate surface area is 141 Å². The minimum Gasteiger partial charge on any atom is -0.292 e. The van der Waals surface area contributed by atoms with E-state index < -0.39 is 28.3 Å². The largest absolute Gasteiger partial charge is 0.416 e. The maximum Gasteiger partial charge on any atom is 0.416 e. The number of carbonyl (C=O) groups is 1. The normalized spacial score (nSPS) is 11.0. The van der Waals surface area contributed by atoms with Crippen molar-refractivity contribution in [3.63, 3.8) is 0 Å². The SMILES string of the molecule is O=C(NNc1ccc(C(F)(F)F)cc1[N+](=O)[O-])c1ccc(Br)cc1. The van der Waals surface area contributed by atoms with E-state index in [0.717, 1.165) is 10.5 Å². The van der Waals surface area contributed by atoms with E-state index in [1.165, 1.54) is 12.1 Å². The summed E-state index contributed by atoms with van der Waals surface area (Å²) in [5.41, 5.74) is 2.50. The second-order valence-corrected chi connectivity index (χ2v) is 5.49. The fourth-order valence-corrected chi connectivity index (χ4v) is 2.03. The van der Waals surface area contributed by atoms with Gasteiger partial charge in [-0.2, -0.15) is 13.2 Å². The lowest BCUT2D eigenvalue weighted by Gasteiger charge is -2.11. The first-order valence-corrected chi connectivity index (χ1v) is 7.15. The zero-order valence-corrected chi connectivity index (χ0v) is 13.3. The Morgan fingerprint density at radius 3 is 2.29 bits per heavy atom. The van der Waals surface area contributed by atoms with Crippen molar-refractivity contribution in [2.75, 3.05) is 5.43 Å².